The van der Waals surface area contributed by atoms with Crippen LogP contribution in [0, 0.1) is 0 Å². The summed E-state index contributed by atoms with van der Waals surface area (Å²) < 4.78 is 0. The van der Waals surface area contributed by atoms with Crippen LogP contribution in [0.2, 0.25) is 0 Å². The van der Waals surface area contributed by atoms with Crippen molar-refractivity contribution in [3.8, 4) is 0 Å². The van der Waals surface area contributed by atoms with Gasteiger partial charge in [-0.2, -0.15) is 0 Å². The molecule has 0 bridgehead atoms. The number of hydrazine groups is 1. The van der Waals surface area contributed by atoms with Gasteiger partial charge in [-0.3, -0.25) is 4.79 Å². The van der Waals surface area contributed by atoms with E-state index in [4.69, 9.17) is 5.73 Å². The summed E-state index contributed by atoms with van der Waals surface area (Å²) in [6.07, 6.45) is 1.21. The van der Waals surface area contributed by atoms with Crippen molar-refractivity contribution in [3.05, 3.63) is 0 Å². The second-order valence-corrected chi connectivity index (χ2v) is 2.55. The van der Waals surface area contributed by atoms with E-state index in [1.807, 2.05) is 6.92 Å². The van der Waals surface area contributed by atoms with Gasteiger partial charge in [0.15, 0.2) is 0 Å². The molecule has 4 N–H and O–H groups in total. The highest BCUT2D eigenvalue weighted by Crippen LogP contribution is 2.14. The highest BCUT2D eigenvalue weighted by Gasteiger charge is 2.35. The number of hydrogen-bond donors (Lipinski definition) is 3. The van der Waals surface area contributed by atoms with E-state index in [0.29, 0.717) is 6.42 Å². The average molecular weight is 129 g/mol. The summed E-state index contributed by atoms with van der Waals surface area (Å²) in [4.78, 5) is 10.2. The van der Waals surface area contributed by atoms with Gasteiger partial charge in [0.25, 0.3) is 0 Å². The summed E-state index contributed by atoms with van der Waals surface area (Å²) in [7, 11) is 0. The van der Waals surface area contributed by atoms with Gasteiger partial charge < -0.3 is 5.73 Å². The zero-order valence-electron chi connectivity index (χ0n) is 5.40. The van der Waals surface area contributed by atoms with Gasteiger partial charge in [0.05, 0.1) is 5.66 Å². The number of carbonyl (C=O) groups is 1. The molecule has 0 saturated carbocycles. The summed E-state index contributed by atoms with van der Waals surface area (Å²) in [5.74, 6) is -0.244. The van der Waals surface area contributed by atoms with Gasteiger partial charge in [-0.25, -0.2) is 10.9 Å². The van der Waals surface area contributed by atoms with E-state index in [0.717, 1.165) is 6.42 Å². The monoisotopic (exact) mass is 129 g/mol. The number of nitrogens with two attached hydrogens (primary N) is 1. The first-order chi connectivity index (χ1) is 4.12. The van der Waals surface area contributed by atoms with Crippen molar-refractivity contribution < 1.29 is 4.79 Å². The normalized spacial score (nSPS) is 21.4. The van der Waals surface area contributed by atoms with E-state index in [2.05, 4.69) is 10.9 Å². The van der Waals surface area contributed by atoms with E-state index < -0.39 is 0 Å². The predicted molar refractivity (Wildman–Crippen MR) is 33.1 cm³/mol. The van der Waals surface area contributed by atoms with Crippen molar-refractivity contribution in [2.75, 3.05) is 0 Å². The van der Waals surface area contributed by atoms with Crippen molar-refractivity contribution in [3.63, 3.8) is 0 Å². The Balaban J connectivity index is 2.12. The molecule has 1 aliphatic rings. The fraction of sp³-hybridized carbons (Fsp3) is 0.800. The van der Waals surface area contributed by atoms with Gasteiger partial charge >= 0.3 is 0 Å². The van der Waals surface area contributed by atoms with E-state index in [1.165, 1.54) is 0 Å². The molecule has 0 aromatic rings. The van der Waals surface area contributed by atoms with Crippen LogP contribution in [0.3, 0.4) is 0 Å². The number of amides is 1. The Hall–Kier alpha value is -0.610. The lowest BCUT2D eigenvalue weighted by Gasteiger charge is -1.99. The van der Waals surface area contributed by atoms with Gasteiger partial charge in [-0.15, -0.1) is 0 Å². The van der Waals surface area contributed by atoms with Gasteiger partial charge in [-0.05, 0) is 13.3 Å². The number of primary amides is 1. The lowest BCUT2D eigenvalue weighted by Crippen LogP contribution is -2.18. The maximum atomic E-state index is 10.2. The molecule has 1 amide bonds. The molecule has 9 heavy (non-hydrogen) atoms. The van der Waals surface area contributed by atoms with Gasteiger partial charge in [0, 0.05) is 6.42 Å². The van der Waals surface area contributed by atoms with Crippen LogP contribution in [0.1, 0.15) is 19.8 Å². The summed E-state index contributed by atoms with van der Waals surface area (Å²) in [5, 5.41) is 0. The molecular formula is C5H11N3O. The standard InChI is InChI=1S/C5H11N3O/c1-5(7-8-5)3-2-4(6)9/h7-8H,2-3H2,1H3,(H2,6,9). The van der Waals surface area contributed by atoms with Crippen LogP contribution < -0.4 is 16.6 Å². The second-order valence-electron chi connectivity index (χ2n) is 2.55. The molecule has 4 nitrogen and oxygen atoms in total. The minimum atomic E-state index is -0.244. The first-order valence-corrected chi connectivity index (χ1v) is 2.95. The molecule has 1 aliphatic heterocycles. The largest absolute Gasteiger partial charge is 0.370 e. The van der Waals surface area contributed by atoms with Crippen LogP contribution in [0.4, 0.5) is 0 Å². The number of rotatable bonds is 3. The molecule has 0 aliphatic carbocycles. The molecule has 1 rings (SSSR count). The van der Waals surface area contributed by atoms with Crippen molar-refractivity contribution in [1.29, 1.82) is 0 Å². The summed E-state index contributed by atoms with van der Waals surface area (Å²) in [6.45, 7) is 1.98. The molecule has 0 aromatic carbocycles. The number of nitrogens with one attached hydrogen (secondary N) is 2. The Kier molecular flexibility index (Phi) is 1.42. The SMILES string of the molecule is CC1(CCC(N)=O)NN1. The fourth-order valence-corrected chi connectivity index (χ4v) is 0.605. The third-order valence-electron chi connectivity index (χ3n) is 1.42. The molecule has 0 radical (unpaired) electrons. The summed E-state index contributed by atoms with van der Waals surface area (Å²) in [6, 6.07) is 0. The van der Waals surface area contributed by atoms with Crippen LogP contribution in [0.5, 0.6) is 0 Å². The maximum Gasteiger partial charge on any atom is 0.217 e. The molecule has 0 unspecified atom stereocenters. The van der Waals surface area contributed by atoms with Crippen LogP contribution in [-0.4, -0.2) is 11.6 Å². The minimum Gasteiger partial charge on any atom is -0.370 e. The highest BCUT2D eigenvalue weighted by atomic mass is 16.1. The van der Waals surface area contributed by atoms with Gasteiger partial charge in [0.1, 0.15) is 0 Å². The van der Waals surface area contributed by atoms with Gasteiger partial charge in [-0.1, -0.05) is 0 Å². The molecule has 0 atom stereocenters. The lowest BCUT2D eigenvalue weighted by atomic mass is 10.1. The number of carbonyl (C=O) groups excluding carboxylic acids is 1. The Morgan fingerprint density at radius 1 is 1.67 bits per heavy atom. The molecule has 52 valence electrons. The Bertz CT molecular complexity index is 130. The zero-order valence-corrected chi connectivity index (χ0v) is 5.40. The van der Waals surface area contributed by atoms with Gasteiger partial charge in [0.2, 0.25) is 5.91 Å². The Morgan fingerprint density at radius 3 is 2.56 bits per heavy atom. The van der Waals surface area contributed by atoms with Crippen LogP contribution in [-0.2, 0) is 4.79 Å². The van der Waals surface area contributed by atoms with Crippen LogP contribution >= 0.6 is 0 Å². The molecule has 1 heterocycles. The van der Waals surface area contributed by atoms with Crippen molar-refractivity contribution in [2.45, 2.75) is 25.4 Å². The molecule has 0 aromatic heterocycles. The predicted octanol–water partition coefficient (Wildman–Crippen LogP) is -0.924. The van der Waals surface area contributed by atoms with Crippen LogP contribution in [0.15, 0.2) is 0 Å². The first-order valence-electron chi connectivity index (χ1n) is 2.95. The fourth-order valence-electron chi connectivity index (χ4n) is 0.605. The minimum absolute atomic E-state index is 0.0188. The molecule has 4 heteroatoms. The third-order valence-corrected chi connectivity index (χ3v) is 1.42. The second kappa shape index (κ2) is 1.97. The quantitative estimate of drug-likeness (QED) is 0.430. The Labute approximate surface area is 53.8 Å². The first kappa shape index (κ1) is 6.51. The average Bonchev–Trinajstić information content (AvgIpc) is 2.45. The molecular weight excluding hydrogens is 118 g/mol. The maximum absolute atomic E-state index is 10.2. The summed E-state index contributed by atoms with van der Waals surface area (Å²) in [5.41, 5.74) is 10.7. The topological polar surface area (TPSA) is 87.0 Å². The number of hydrogen-bond acceptors (Lipinski definition) is 3. The van der Waals surface area contributed by atoms with Crippen molar-refractivity contribution in [1.82, 2.24) is 10.9 Å². The zero-order chi connectivity index (χ0) is 6.91. The highest BCUT2D eigenvalue weighted by molar-refractivity contribution is 5.73. The smallest absolute Gasteiger partial charge is 0.217 e. The van der Waals surface area contributed by atoms with E-state index in [9.17, 15) is 4.79 Å². The summed E-state index contributed by atoms with van der Waals surface area (Å²) >= 11 is 0. The lowest BCUT2D eigenvalue weighted by molar-refractivity contribution is -0.118. The molecule has 1 saturated heterocycles. The van der Waals surface area contributed by atoms with E-state index in [-0.39, 0.29) is 11.6 Å². The van der Waals surface area contributed by atoms with Crippen molar-refractivity contribution in [2.24, 2.45) is 5.73 Å². The van der Waals surface area contributed by atoms with Crippen LogP contribution in [0.25, 0.3) is 0 Å². The molecule has 0 spiro atoms. The van der Waals surface area contributed by atoms with E-state index >= 15 is 0 Å². The third kappa shape index (κ3) is 1.99. The van der Waals surface area contributed by atoms with E-state index in [1.54, 1.807) is 0 Å². The Morgan fingerprint density at radius 2 is 2.22 bits per heavy atom. The molecule has 1 fully saturated rings. The van der Waals surface area contributed by atoms with Crippen molar-refractivity contribution >= 4 is 5.91 Å².